The van der Waals surface area contributed by atoms with Crippen LogP contribution in [0.1, 0.15) is 0 Å². The lowest BCUT2D eigenvalue weighted by atomic mass is 9.90. The van der Waals surface area contributed by atoms with Crippen LogP contribution in [0.25, 0.3) is 82.8 Å². The fourth-order valence-corrected chi connectivity index (χ4v) is 7.39. The highest BCUT2D eigenvalue weighted by atomic mass is 19.1. The zero-order chi connectivity index (χ0) is 34.6. The summed E-state index contributed by atoms with van der Waals surface area (Å²) in [5.74, 6) is -2.66. The van der Waals surface area contributed by atoms with Crippen LogP contribution in [-0.4, -0.2) is 4.57 Å². The van der Waals surface area contributed by atoms with Crippen molar-refractivity contribution in [2.75, 3.05) is 0 Å². The molecule has 1 aromatic heterocycles. The predicted octanol–water partition coefficient (Wildman–Crippen LogP) is 13.2. The van der Waals surface area contributed by atoms with Gasteiger partial charge >= 0.3 is 0 Å². The van der Waals surface area contributed by atoms with Gasteiger partial charge in [-0.05, 0) is 104 Å². The second kappa shape index (κ2) is 12.1. The van der Waals surface area contributed by atoms with E-state index in [9.17, 15) is 17.6 Å². The number of benzene rings is 8. The van der Waals surface area contributed by atoms with E-state index >= 15 is 0 Å². The SMILES string of the molecule is Fc1cc(F)cc(-c2ccc3c(c2)c2cc(-c4cc(F)cc(F)c4)ccc2n3-c2ccccc2-c2ccccc2-c2cccc3ccccc23)c1. The molecule has 0 aliphatic carbocycles. The fourth-order valence-electron chi connectivity index (χ4n) is 7.39. The highest BCUT2D eigenvalue weighted by molar-refractivity contribution is 6.12. The van der Waals surface area contributed by atoms with Crippen molar-refractivity contribution in [3.8, 4) is 50.2 Å². The highest BCUT2D eigenvalue weighted by Crippen LogP contribution is 2.42. The third-order valence-electron chi connectivity index (χ3n) is 9.60. The Morgan fingerprint density at radius 2 is 0.765 bits per heavy atom. The smallest absolute Gasteiger partial charge is 0.126 e. The van der Waals surface area contributed by atoms with Crippen molar-refractivity contribution in [3.05, 3.63) is 187 Å². The average Bonchev–Trinajstić information content (AvgIpc) is 3.46. The standard InChI is InChI=1S/C46H27F4N/c47-33-20-31(21-34(48)26-33)29-16-18-45-42(24-29)43-25-30(32-22-35(49)27-36(50)23-32)17-19-46(43)51(45)44-15-6-5-13-41(44)40-12-4-3-11-39(40)38-14-7-9-28-8-1-2-10-37(28)38/h1-27H. The van der Waals surface area contributed by atoms with Crippen molar-refractivity contribution < 1.29 is 17.6 Å². The molecular formula is C46H27F4N. The zero-order valence-electron chi connectivity index (χ0n) is 27.0. The van der Waals surface area contributed by atoms with Gasteiger partial charge in [-0.25, -0.2) is 17.6 Å². The Bertz CT molecular complexity index is 2660. The van der Waals surface area contributed by atoms with E-state index in [0.717, 1.165) is 72.7 Å². The van der Waals surface area contributed by atoms with Crippen LogP contribution in [0.15, 0.2) is 164 Å². The summed E-state index contributed by atoms with van der Waals surface area (Å²) in [7, 11) is 0. The Morgan fingerprint density at radius 3 is 1.35 bits per heavy atom. The molecule has 0 aliphatic rings. The largest absolute Gasteiger partial charge is 0.309 e. The summed E-state index contributed by atoms with van der Waals surface area (Å²) < 4.78 is 59.6. The Labute approximate surface area is 291 Å². The van der Waals surface area contributed by atoms with Gasteiger partial charge in [0.2, 0.25) is 0 Å². The van der Waals surface area contributed by atoms with Crippen molar-refractivity contribution in [2.24, 2.45) is 0 Å². The fraction of sp³-hybridized carbons (Fsp3) is 0. The van der Waals surface area contributed by atoms with Crippen LogP contribution in [0, 0.1) is 23.3 Å². The normalized spacial score (nSPS) is 11.5. The molecule has 9 rings (SSSR count). The van der Waals surface area contributed by atoms with Gasteiger partial charge in [-0.1, -0.05) is 97.1 Å². The van der Waals surface area contributed by atoms with Crippen molar-refractivity contribution in [2.45, 2.75) is 0 Å². The van der Waals surface area contributed by atoms with Crippen LogP contribution in [-0.2, 0) is 0 Å². The molecule has 0 saturated heterocycles. The van der Waals surface area contributed by atoms with Gasteiger partial charge in [0.1, 0.15) is 23.3 Å². The molecule has 0 unspecified atom stereocenters. The van der Waals surface area contributed by atoms with Crippen LogP contribution in [0.5, 0.6) is 0 Å². The van der Waals surface area contributed by atoms with Crippen LogP contribution >= 0.6 is 0 Å². The minimum Gasteiger partial charge on any atom is -0.309 e. The van der Waals surface area contributed by atoms with E-state index in [1.54, 1.807) is 0 Å². The molecule has 0 N–H and O–H groups in total. The van der Waals surface area contributed by atoms with Gasteiger partial charge in [-0.3, -0.25) is 0 Å². The van der Waals surface area contributed by atoms with Gasteiger partial charge < -0.3 is 4.57 Å². The summed E-state index contributed by atoms with van der Waals surface area (Å²) in [5, 5.41) is 3.96. The van der Waals surface area contributed by atoms with Gasteiger partial charge in [-0.15, -0.1) is 0 Å². The molecule has 0 fully saturated rings. The molecule has 0 atom stereocenters. The number of halogens is 4. The number of aromatic nitrogens is 1. The first kappa shape index (κ1) is 30.6. The second-order valence-electron chi connectivity index (χ2n) is 12.7. The maximum atomic E-state index is 14.4. The van der Waals surface area contributed by atoms with Gasteiger partial charge in [-0.2, -0.15) is 0 Å². The molecule has 1 heterocycles. The maximum absolute atomic E-state index is 14.4. The van der Waals surface area contributed by atoms with E-state index < -0.39 is 23.3 Å². The lowest BCUT2D eigenvalue weighted by Gasteiger charge is -2.18. The lowest BCUT2D eigenvalue weighted by molar-refractivity contribution is 0.583. The number of para-hydroxylation sites is 1. The summed E-state index contributed by atoms with van der Waals surface area (Å²) in [6.45, 7) is 0. The lowest BCUT2D eigenvalue weighted by Crippen LogP contribution is -1.98. The zero-order valence-corrected chi connectivity index (χ0v) is 27.0. The molecule has 1 nitrogen and oxygen atoms in total. The molecular weight excluding hydrogens is 643 g/mol. The van der Waals surface area contributed by atoms with Crippen molar-refractivity contribution >= 4 is 32.6 Å². The third-order valence-corrected chi connectivity index (χ3v) is 9.60. The van der Waals surface area contributed by atoms with Gasteiger partial charge in [0, 0.05) is 28.5 Å². The molecule has 0 aliphatic heterocycles. The molecule has 9 aromatic rings. The van der Waals surface area contributed by atoms with Crippen LogP contribution < -0.4 is 0 Å². The predicted molar refractivity (Wildman–Crippen MR) is 200 cm³/mol. The van der Waals surface area contributed by atoms with Crippen LogP contribution in [0.4, 0.5) is 17.6 Å². The summed E-state index contributed by atoms with van der Waals surface area (Å²) in [6.07, 6.45) is 0. The first-order valence-corrected chi connectivity index (χ1v) is 16.6. The molecule has 51 heavy (non-hydrogen) atoms. The van der Waals surface area contributed by atoms with E-state index in [4.69, 9.17) is 0 Å². The number of hydrogen-bond acceptors (Lipinski definition) is 0. The molecule has 0 amide bonds. The summed E-state index contributed by atoms with van der Waals surface area (Å²) in [5.41, 5.74) is 9.02. The number of rotatable bonds is 5. The maximum Gasteiger partial charge on any atom is 0.126 e. The van der Waals surface area contributed by atoms with E-state index in [1.165, 1.54) is 24.3 Å². The first-order chi connectivity index (χ1) is 24.9. The van der Waals surface area contributed by atoms with Crippen molar-refractivity contribution in [3.63, 3.8) is 0 Å². The molecule has 5 heteroatoms. The number of fused-ring (bicyclic) bond motifs is 4. The molecule has 0 spiro atoms. The van der Waals surface area contributed by atoms with Gasteiger partial charge in [0.15, 0.2) is 0 Å². The average molecular weight is 670 g/mol. The summed E-state index contributed by atoms with van der Waals surface area (Å²) >= 11 is 0. The van der Waals surface area contributed by atoms with Crippen LogP contribution in [0.2, 0.25) is 0 Å². The van der Waals surface area contributed by atoms with E-state index in [2.05, 4.69) is 71.3 Å². The quantitative estimate of drug-likeness (QED) is 0.161. The summed E-state index contributed by atoms with van der Waals surface area (Å²) in [4.78, 5) is 0. The van der Waals surface area contributed by atoms with Gasteiger partial charge in [0.25, 0.3) is 0 Å². The Balaban J connectivity index is 1.32. The van der Waals surface area contributed by atoms with E-state index in [-0.39, 0.29) is 0 Å². The highest BCUT2D eigenvalue weighted by Gasteiger charge is 2.20. The van der Waals surface area contributed by atoms with Crippen LogP contribution in [0.3, 0.4) is 0 Å². The first-order valence-electron chi connectivity index (χ1n) is 16.6. The Kier molecular flexibility index (Phi) is 7.29. The number of nitrogens with zero attached hydrogens (tertiary/aromatic N) is 1. The number of hydrogen-bond donors (Lipinski definition) is 0. The van der Waals surface area contributed by atoms with Crippen molar-refractivity contribution in [1.29, 1.82) is 0 Å². The minimum atomic E-state index is -0.665. The van der Waals surface area contributed by atoms with E-state index in [1.807, 2.05) is 60.7 Å². The topological polar surface area (TPSA) is 4.93 Å². The summed E-state index contributed by atoms with van der Waals surface area (Å²) in [6, 6.07) is 49.8. The molecule has 0 radical (unpaired) electrons. The molecule has 0 bridgehead atoms. The van der Waals surface area contributed by atoms with Crippen molar-refractivity contribution in [1.82, 2.24) is 4.57 Å². The third kappa shape index (κ3) is 5.35. The monoisotopic (exact) mass is 669 g/mol. The molecule has 8 aromatic carbocycles. The van der Waals surface area contributed by atoms with E-state index in [0.29, 0.717) is 22.3 Å². The molecule has 0 saturated carbocycles. The molecule has 244 valence electrons. The minimum absolute atomic E-state index is 0.406. The Morgan fingerprint density at radius 1 is 0.314 bits per heavy atom. The Hall–Kier alpha value is -6.46. The second-order valence-corrected chi connectivity index (χ2v) is 12.7. The van der Waals surface area contributed by atoms with Gasteiger partial charge in [0.05, 0.1) is 16.7 Å².